The molecule has 4 rings (SSSR count). The minimum atomic E-state index is -0.324. The first kappa shape index (κ1) is 18.1. The lowest BCUT2D eigenvalue weighted by molar-refractivity contribution is 0.198. The van der Waals surface area contributed by atoms with E-state index in [1.807, 2.05) is 16.8 Å². The lowest BCUT2D eigenvalue weighted by Gasteiger charge is -2.22. The van der Waals surface area contributed by atoms with E-state index < -0.39 is 0 Å². The van der Waals surface area contributed by atoms with Crippen molar-refractivity contribution >= 4 is 28.5 Å². The average Bonchev–Trinajstić information content (AvgIpc) is 3.22. The molecule has 27 heavy (non-hydrogen) atoms. The number of nitrogens with zero attached hydrogens (tertiary/aromatic N) is 6. The molecule has 8 heteroatoms. The Morgan fingerprint density at radius 3 is 2.78 bits per heavy atom. The molecule has 1 atom stereocenters. The molecule has 0 bridgehead atoms. The summed E-state index contributed by atoms with van der Waals surface area (Å²) in [7, 11) is 0. The molecule has 1 saturated heterocycles. The van der Waals surface area contributed by atoms with Crippen molar-refractivity contribution in [1.29, 1.82) is 0 Å². The van der Waals surface area contributed by atoms with Crippen LogP contribution in [0.4, 0.5) is 5.82 Å². The largest absolute Gasteiger partial charge is 0.391 e. The summed E-state index contributed by atoms with van der Waals surface area (Å²) in [5.74, 6) is 1.58. The van der Waals surface area contributed by atoms with Crippen LogP contribution in [0, 0.1) is 0 Å². The van der Waals surface area contributed by atoms with Gasteiger partial charge in [-0.05, 0) is 18.6 Å². The second kappa shape index (κ2) is 6.73. The van der Waals surface area contributed by atoms with Crippen molar-refractivity contribution in [3.05, 3.63) is 41.1 Å². The fraction of sp³-hybridized carbons (Fsp3) is 0.474. The van der Waals surface area contributed by atoms with Gasteiger partial charge in [0.2, 0.25) is 0 Å². The Kier molecular flexibility index (Phi) is 4.52. The second-order valence-corrected chi connectivity index (χ2v) is 8.39. The quantitative estimate of drug-likeness (QED) is 0.745. The Morgan fingerprint density at radius 2 is 2.11 bits per heavy atom. The third kappa shape index (κ3) is 3.49. The molecule has 0 aromatic carbocycles. The lowest BCUT2D eigenvalue weighted by atomic mass is 9.95. The van der Waals surface area contributed by atoms with Gasteiger partial charge in [0.15, 0.2) is 5.65 Å². The summed E-state index contributed by atoms with van der Waals surface area (Å²) in [6, 6.07) is 3.63. The van der Waals surface area contributed by atoms with E-state index in [-0.39, 0.29) is 11.5 Å². The van der Waals surface area contributed by atoms with Crippen LogP contribution in [0.1, 0.15) is 38.7 Å². The Morgan fingerprint density at radius 1 is 1.30 bits per heavy atom. The number of anilines is 1. The van der Waals surface area contributed by atoms with Crippen LogP contribution in [0.3, 0.4) is 0 Å². The van der Waals surface area contributed by atoms with E-state index in [9.17, 15) is 5.11 Å². The van der Waals surface area contributed by atoms with Crippen LogP contribution in [0.15, 0.2) is 24.5 Å². The highest BCUT2D eigenvalue weighted by Crippen LogP contribution is 2.30. The highest BCUT2D eigenvalue weighted by atomic mass is 35.5. The van der Waals surface area contributed by atoms with Gasteiger partial charge in [0.05, 0.1) is 34.9 Å². The fourth-order valence-corrected chi connectivity index (χ4v) is 3.42. The molecule has 0 amide bonds. The number of aliphatic hydroxyl groups excluding tert-OH is 1. The second-order valence-electron chi connectivity index (χ2n) is 7.98. The molecular weight excluding hydrogens is 364 g/mol. The van der Waals surface area contributed by atoms with Gasteiger partial charge in [-0.25, -0.2) is 14.6 Å². The van der Waals surface area contributed by atoms with Crippen LogP contribution in [0.2, 0.25) is 5.02 Å². The van der Waals surface area contributed by atoms with Crippen LogP contribution >= 0.6 is 11.6 Å². The van der Waals surface area contributed by atoms with Crippen molar-refractivity contribution in [2.24, 2.45) is 0 Å². The highest BCUT2D eigenvalue weighted by molar-refractivity contribution is 6.31. The van der Waals surface area contributed by atoms with Crippen molar-refractivity contribution in [2.45, 2.75) is 45.3 Å². The van der Waals surface area contributed by atoms with E-state index in [2.05, 4.69) is 35.8 Å². The zero-order valence-corrected chi connectivity index (χ0v) is 16.5. The number of halogens is 1. The van der Waals surface area contributed by atoms with Crippen molar-refractivity contribution in [3.8, 4) is 0 Å². The van der Waals surface area contributed by atoms with E-state index in [1.165, 1.54) is 0 Å². The normalized spacial score (nSPS) is 17.8. The first-order valence-corrected chi connectivity index (χ1v) is 9.47. The number of rotatable bonds is 3. The number of pyridine rings is 1. The van der Waals surface area contributed by atoms with E-state index in [1.54, 1.807) is 12.4 Å². The van der Waals surface area contributed by atoms with Crippen molar-refractivity contribution in [1.82, 2.24) is 24.7 Å². The van der Waals surface area contributed by atoms with Gasteiger partial charge >= 0.3 is 0 Å². The molecule has 1 N–H and O–H groups in total. The summed E-state index contributed by atoms with van der Waals surface area (Å²) in [5, 5.41) is 16.0. The van der Waals surface area contributed by atoms with Gasteiger partial charge in [0, 0.05) is 24.7 Å². The zero-order chi connectivity index (χ0) is 19.2. The fourth-order valence-electron chi connectivity index (χ4n) is 3.24. The molecule has 3 aromatic heterocycles. The number of fused-ring (bicyclic) bond motifs is 1. The summed E-state index contributed by atoms with van der Waals surface area (Å²) >= 11 is 6.27. The van der Waals surface area contributed by atoms with E-state index in [4.69, 9.17) is 21.6 Å². The molecule has 1 unspecified atom stereocenters. The highest BCUT2D eigenvalue weighted by Gasteiger charge is 2.28. The van der Waals surface area contributed by atoms with Crippen LogP contribution in [0.5, 0.6) is 0 Å². The van der Waals surface area contributed by atoms with Gasteiger partial charge in [-0.1, -0.05) is 32.4 Å². The number of aliphatic hydroxyl groups is 1. The summed E-state index contributed by atoms with van der Waals surface area (Å²) < 4.78 is 1.82. The Bertz CT molecular complexity index is 980. The maximum absolute atomic E-state index is 9.96. The maximum Gasteiger partial charge on any atom is 0.164 e. The predicted molar refractivity (Wildman–Crippen MR) is 105 cm³/mol. The molecule has 3 aromatic rings. The van der Waals surface area contributed by atoms with Crippen LogP contribution < -0.4 is 4.90 Å². The Hall–Kier alpha value is -2.25. The zero-order valence-electron chi connectivity index (χ0n) is 15.7. The number of β-amino-alcohol motifs (C(OH)–C–C–N with tert-alkyl or cyclic N) is 1. The number of hydrogen-bond acceptors (Lipinski definition) is 6. The van der Waals surface area contributed by atoms with E-state index >= 15 is 0 Å². The van der Waals surface area contributed by atoms with Crippen LogP contribution in [-0.4, -0.2) is 49.0 Å². The summed E-state index contributed by atoms with van der Waals surface area (Å²) in [6.45, 7) is 8.06. The molecule has 1 aliphatic rings. The molecule has 0 saturated carbocycles. The van der Waals surface area contributed by atoms with Crippen molar-refractivity contribution < 1.29 is 5.11 Å². The molecule has 7 nitrogen and oxygen atoms in total. The minimum absolute atomic E-state index is 0.209. The molecule has 1 fully saturated rings. The topological polar surface area (TPSA) is 80.0 Å². The summed E-state index contributed by atoms with van der Waals surface area (Å²) in [6.07, 6.45) is 3.93. The molecular formula is C19H23ClN6O. The first-order valence-electron chi connectivity index (χ1n) is 9.09. The van der Waals surface area contributed by atoms with E-state index in [0.29, 0.717) is 18.1 Å². The molecule has 4 heterocycles. The minimum Gasteiger partial charge on any atom is -0.391 e. The maximum atomic E-state index is 9.96. The molecule has 142 valence electrons. The van der Waals surface area contributed by atoms with Gasteiger partial charge in [-0.2, -0.15) is 5.10 Å². The first-order chi connectivity index (χ1) is 12.8. The SMILES string of the molecule is CC(C)(C)c1nc(N2CCC(O)C2)c2cnn(Cc3ncccc3Cl)c2n1. The van der Waals surface area contributed by atoms with Crippen molar-refractivity contribution in [3.63, 3.8) is 0 Å². The average molecular weight is 387 g/mol. The van der Waals surface area contributed by atoms with Gasteiger partial charge < -0.3 is 10.0 Å². The van der Waals surface area contributed by atoms with Gasteiger partial charge in [-0.3, -0.25) is 4.98 Å². The van der Waals surface area contributed by atoms with E-state index in [0.717, 1.165) is 41.3 Å². The van der Waals surface area contributed by atoms with Crippen LogP contribution in [-0.2, 0) is 12.0 Å². The third-order valence-electron chi connectivity index (χ3n) is 4.74. The molecule has 1 aliphatic heterocycles. The van der Waals surface area contributed by atoms with Crippen LogP contribution in [0.25, 0.3) is 11.0 Å². The van der Waals surface area contributed by atoms with Gasteiger partial charge in [-0.15, -0.1) is 0 Å². The Labute approximate surface area is 163 Å². The van der Waals surface area contributed by atoms with Crippen molar-refractivity contribution in [2.75, 3.05) is 18.0 Å². The predicted octanol–water partition coefficient (Wildman–Crippen LogP) is 2.79. The Balaban J connectivity index is 1.84. The monoisotopic (exact) mass is 386 g/mol. The standard InChI is InChI=1S/C19H23ClN6O/c1-19(2,3)18-23-16(25-8-6-12(27)10-25)13-9-22-26(17(13)24-18)11-15-14(20)5-4-7-21-15/h4-5,7,9,12,27H,6,8,10-11H2,1-3H3. The van der Waals surface area contributed by atoms with Gasteiger partial charge in [0.25, 0.3) is 0 Å². The smallest absolute Gasteiger partial charge is 0.164 e. The molecule has 0 radical (unpaired) electrons. The third-order valence-corrected chi connectivity index (χ3v) is 5.09. The molecule has 0 aliphatic carbocycles. The summed E-state index contributed by atoms with van der Waals surface area (Å²) in [4.78, 5) is 16.1. The lowest BCUT2D eigenvalue weighted by Crippen LogP contribution is -2.25. The van der Waals surface area contributed by atoms with Gasteiger partial charge in [0.1, 0.15) is 11.6 Å². The number of aromatic nitrogens is 5. The number of hydrogen-bond donors (Lipinski definition) is 1. The molecule has 0 spiro atoms. The summed E-state index contributed by atoms with van der Waals surface area (Å²) in [5.41, 5.74) is 1.30.